The lowest BCUT2D eigenvalue weighted by molar-refractivity contribution is -0.139. The third-order valence-electron chi connectivity index (χ3n) is 3.67. The van der Waals surface area contributed by atoms with Gasteiger partial charge in [-0.2, -0.15) is 0 Å². The van der Waals surface area contributed by atoms with Crippen LogP contribution in [0, 0.1) is 19.8 Å². The molecule has 1 amide bonds. The Morgan fingerprint density at radius 2 is 1.82 bits per heavy atom. The fraction of sp³-hybridized carbons (Fsp3) is 0.412. The molecule has 118 valence electrons. The lowest BCUT2D eigenvalue weighted by atomic mass is 10.0. The van der Waals surface area contributed by atoms with Crippen LogP contribution in [0.1, 0.15) is 41.9 Å². The number of carboxylic acids is 1. The molecule has 5 heteroatoms. The number of hydrogen-bond donors (Lipinski definition) is 2. The highest BCUT2D eigenvalue weighted by Gasteiger charge is 2.23. The van der Waals surface area contributed by atoms with Gasteiger partial charge >= 0.3 is 5.97 Å². The van der Waals surface area contributed by atoms with Crippen LogP contribution in [0.25, 0.3) is 11.0 Å². The van der Waals surface area contributed by atoms with Gasteiger partial charge in [0, 0.05) is 5.39 Å². The summed E-state index contributed by atoms with van der Waals surface area (Å²) in [6.07, 6.45) is 0.375. The number of furan rings is 1. The van der Waals surface area contributed by atoms with E-state index in [2.05, 4.69) is 5.32 Å². The van der Waals surface area contributed by atoms with Crippen LogP contribution in [-0.4, -0.2) is 23.0 Å². The van der Waals surface area contributed by atoms with E-state index < -0.39 is 17.9 Å². The number of fused-ring (bicyclic) bond motifs is 1. The summed E-state index contributed by atoms with van der Waals surface area (Å²) in [5, 5.41) is 12.5. The molecule has 5 nitrogen and oxygen atoms in total. The lowest BCUT2D eigenvalue weighted by Crippen LogP contribution is -2.41. The summed E-state index contributed by atoms with van der Waals surface area (Å²) in [6.45, 7) is 7.79. The largest absolute Gasteiger partial charge is 0.480 e. The molecule has 0 aliphatic heterocycles. The number of carbonyl (C=O) groups excluding carboxylic acids is 1. The van der Waals surface area contributed by atoms with Crippen molar-refractivity contribution >= 4 is 22.8 Å². The summed E-state index contributed by atoms with van der Waals surface area (Å²) in [6, 6.07) is 4.56. The number of aliphatic carboxylic acids is 1. The Labute approximate surface area is 129 Å². The van der Waals surface area contributed by atoms with E-state index in [-0.39, 0.29) is 11.7 Å². The first-order valence-electron chi connectivity index (χ1n) is 7.32. The molecular weight excluding hydrogens is 282 g/mol. The second-order valence-corrected chi connectivity index (χ2v) is 6.08. The zero-order valence-corrected chi connectivity index (χ0v) is 13.3. The van der Waals surface area contributed by atoms with Crippen LogP contribution in [0.2, 0.25) is 0 Å². The summed E-state index contributed by atoms with van der Waals surface area (Å²) in [7, 11) is 0. The third kappa shape index (κ3) is 3.47. The molecule has 2 N–H and O–H groups in total. The van der Waals surface area contributed by atoms with E-state index in [0.717, 1.165) is 16.5 Å². The first-order valence-corrected chi connectivity index (χ1v) is 7.32. The summed E-state index contributed by atoms with van der Waals surface area (Å²) in [4.78, 5) is 23.4. The number of aryl methyl sites for hydroxylation is 2. The highest BCUT2D eigenvalue weighted by molar-refractivity contribution is 5.98. The van der Waals surface area contributed by atoms with Crippen LogP contribution in [-0.2, 0) is 4.79 Å². The van der Waals surface area contributed by atoms with Gasteiger partial charge < -0.3 is 14.8 Å². The highest BCUT2D eigenvalue weighted by atomic mass is 16.4. The van der Waals surface area contributed by atoms with Gasteiger partial charge in [-0.3, -0.25) is 4.79 Å². The third-order valence-corrected chi connectivity index (χ3v) is 3.67. The minimum Gasteiger partial charge on any atom is -0.480 e. The van der Waals surface area contributed by atoms with Crippen molar-refractivity contribution in [2.24, 2.45) is 5.92 Å². The first-order chi connectivity index (χ1) is 10.3. The molecule has 0 spiro atoms. The normalized spacial score (nSPS) is 12.6. The molecule has 0 saturated heterocycles. The van der Waals surface area contributed by atoms with Crippen LogP contribution < -0.4 is 5.32 Å². The quantitative estimate of drug-likeness (QED) is 0.888. The van der Waals surface area contributed by atoms with Gasteiger partial charge in [0.05, 0.1) is 0 Å². The Morgan fingerprint density at radius 1 is 1.18 bits per heavy atom. The van der Waals surface area contributed by atoms with Gasteiger partial charge in [0.2, 0.25) is 0 Å². The lowest BCUT2D eigenvalue weighted by Gasteiger charge is -2.15. The molecule has 1 atom stereocenters. The van der Waals surface area contributed by atoms with Gasteiger partial charge in [0.25, 0.3) is 5.91 Å². The standard InChI is InChI=1S/C17H21NO4/c1-9(2)5-13(17(20)21)18-16(19)15-8-12-6-10(3)11(4)7-14(12)22-15/h6-9,13H,5H2,1-4H3,(H,18,19)(H,20,21)/t13-/m0/s1. The number of benzene rings is 1. The van der Waals surface area contributed by atoms with Crippen molar-refractivity contribution in [1.82, 2.24) is 5.32 Å². The van der Waals surface area contributed by atoms with E-state index in [1.165, 1.54) is 0 Å². The van der Waals surface area contributed by atoms with Gasteiger partial charge in [-0.25, -0.2) is 4.79 Å². The Morgan fingerprint density at radius 3 is 2.41 bits per heavy atom. The molecular formula is C17H21NO4. The number of carboxylic acid groups (broad SMARTS) is 1. The molecule has 0 unspecified atom stereocenters. The minimum atomic E-state index is -1.04. The second-order valence-electron chi connectivity index (χ2n) is 6.08. The Balaban J connectivity index is 2.23. The van der Waals surface area contributed by atoms with Crippen molar-refractivity contribution in [2.45, 2.75) is 40.2 Å². The number of rotatable bonds is 5. The van der Waals surface area contributed by atoms with Crippen LogP contribution in [0.15, 0.2) is 22.6 Å². The zero-order chi connectivity index (χ0) is 16.4. The molecule has 1 heterocycles. The number of carbonyl (C=O) groups is 2. The molecule has 1 aromatic heterocycles. The average molecular weight is 303 g/mol. The fourth-order valence-corrected chi connectivity index (χ4v) is 2.34. The predicted molar refractivity (Wildman–Crippen MR) is 84.0 cm³/mol. The van der Waals surface area contributed by atoms with Crippen molar-refractivity contribution < 1.29 is 19.1 Å². The Bertz CT molecular complexity index is 676. The second kappa shape index (κ2) is 6.22. The molecule has 2 aromatic rings. The molecule has 0 fully saturated rings. The molecule has 22 heavy (non-hydrogen) atoms. The summed E-state index contributed by atoms with van der Waals surface area (Å²) in [5.74, 6) is -1.23. The minimum absolute atomic E-state index is 0.134. The average Bonchev–Trinajstić information content (AvgIpc) is 2.80. The monoisotopic (exact) mass is 303 g/mol. The SMILES string of the molecule is Cc1cc2cc(C(=O)N[C@@H](CC(C)C)C(=O)O)oc2cc1C. The molecule has 0 saturated carbocycles. The molecule has 2 rings (SSSR count). The van der Waals surface area contributed by atoms with Crippen molar-refractivity contribution in [3.8, 4) is 0 Å². The molecule has 0 aliphatic rings. The van der Waals surface area contributed by atoms with Crippen molar-refractivity contribution in [1.29, 1.82) is 0 Å². The zero-order valence-electron chi connectivity index (χ0n) is 13.3. The summed E-state index contributed by atoms with van der Waals surface area (Å²) >= 11 is 0. The molecule has 0 radical (unpaired) electrons. The number of nitrogens with one attached hydrogen (secondary N) is 1. The Hall–Kier alpha value is -2.30. The van der Waals surface area contributed by atoms with Gasteiger partial charge in [-0.05, 0) is 55.5 Å². The molecule has 0 aliphatic carbocycles. The van der Waals surface area contributed by atoms with Crippen LogP contribution >= 0.6 is 0 Å². The maximum Gasteiger partial charge on any atom is 0.326 e. The maximum atomic E-state index is 12.2. The van der Waals surface area contributed by atoms with Crippen LogP contribution in [0.5, 0.6) is 0 Å². The van der Waals surface area contributed by atoms with Crippen molar-refractivity contribution in [2.75, 3.05) is 0 Å². The summed E-state index contributed by atoms with van der Waals surface area (Å²) in [5.41, 5.74) is 2.82. The van der Waals surface area contributed by atoms with Gasteiger partial charge in [-0.1, -0.05) is 13.8 Å². The fourth-order valence-electron chi connectivity index (χ4n) is 2.34. The highest BCUT2D eigenvalue weighted by Crippen LogP contribution is 2.23. The van der Waals surface area contributed by atoms with E-state index in [1.54, 1.807) is 6.07 Å². The van der Waals surface area contributed by atoms with Gasteiger partial charge in [0.15, 0.2) is 5.76 Å². The topological polar surface area (TPSA) is 79.5 Å². The van der Waals surface area contributed by atoms with Crippen LogP contribution in [0.3, 0.4) is 0 Å². The number of hydrogen-bond acceptors (Lipinski definition) is 3. The van der Waals surface area contributed by atoms with E-state index in [0.29, 0.717) is 12.0 Å². The molecule has 1 aromatic carbocycles. The summed E-state index contributed by atoms with van der Waals surface area (Å²) < 4.78 is 5.55. The van der Waals surface area contributed by atoms with Gasteiger partial charge in [-0.15, -0.1) is 0 Å². The maximum absolute atomic E-state index is 12.2. The Kier molecular flexibility index (Phi) is 4.54. The van der Waals surface area contributed by atoms with Crippen LogP contribution in [0.4, 0.5) is 0 Å². The smallest absolute Gasteiger partial charge is 0.326 e. The molecule has 0 bridgehead atoms. The van der Waals surface area contributed by atoms with E-state index in [1.807, 2.05) is 39.8 Å². The van der Waals surface area contributed by atoms with E-state index in [9.17, 15) is 14.7 Å². The first kappa shape index (κ1) is 16.1. The number of amides is 1. The van der Waals surface area contributed by atoms with Gasteiger partial charge in [0.1, 0.15) is 11.6 Å². The van der Waals surface area contributed by atoms with Crippen molar-refractivity contribution in [3.05, 3.63) is 35.1 Å². The predicted octanol–water partition coefficient (Wildman–Crippen LogP) is 3.28. The van der Waals surface area contributed by atoms with E-state index in [4.69, 9.17) is 4.42 Å². The van der Waals surface area contributed by atoms with Crippen molar-refractivity contribution in [3.63, 3.8) is 0 Å². The van der Waals surface area contributed by atoms with E-state index >= 15 is 0 Å².